The fraction of sp³-hybridized carbons (Fsp3) is 0.368. The van der Waals surface area contributed by atoms with Gasteiger partial charge in [0, 0.05) is 37.0 Å². The van der Waals surface area contributed by atoms with Crippen LogP contribution in [-0.4, -0.2) is 34.9 Å². The number of carbonyl (C=O) groups is 2. The quantitative estimate of drug-likeness (QED) is 0.536. The van der Waals surface area contributed by atoms with E-state index >= 15 is 0 Å². The van der Waals surface area contributed by atoms with E-state index in [1.54, 1.807) is 13.8 Å². The number of alkyl halides is 3. The van der Waals surface area contributed by atoms with Crippen molar-refractivity contribution >= 4 is 35.1 Å². The van der Waals surface area contributed by atoms with Gasteiger partial charge in [0.2, 0.25) is 5.91 Å². The highest BCUT2D eigenvalue weighted by molar-refractivity contribution is 6.32. The van der Waals surface area contributed by atoms with E-state index in [4.69, 9.17) is 11.6 Å². The summed E-state index contributed by atoms with van der Waals surface area (Å²) in [6, 6.07) is 3.79. The van der Waals surface area contributed by atoms with Gasteiger partial charge >= 0.3 is 6.18 Å². The van der Waals surface area contributed by atoms with Crippen molar-refractivity contribution in [1.82, 2.24) is 15.3 Å². The molecule has 0 bridgehead atoms. The average molecular weight is 444 g/mol. The van der Waals surface area contributed by atoms with E-state index in [1.165, 1.54) is 18.3 Å². The maximum absolute atomic E-state index is 12.6. The number of pyridine rings is 2. The zero-order chi connectivity index (χ0) is 22.3. The highest BCUT2D eigenvalue weighted by atomic mass is 35.5. The molecule has 0 aliphatic rings. The van der Waals surface area contributed by atoms with Crippen LogP contribution in [0.5, 0.6) is 0 Å². The summed E-state index contributed by atoms with van der Waals surface area (Å²) in [5.41, 5.74) is -0.587. The Morgan fingerprint density at radius 1 is 1.17 bits per heavy atom. The van der Waals surface area contributed by atoms with Crippen molar-refractivity contribution < 1.29 is 22.8 Å². The predicted octanol–water partition coefficient (Wildman–Crippen LogP) is 3.98. The van der Waals surface area contributed by atoms with Crippen molar-refractivity contribution in [2.24, 2.45) is 5.92 Å². The van der Waals surface area contributed by atoms with Gasteiger partial charge in [-0.2, -0.15) is 13.2 Å². The van der Waals surface area contributed by atoms with E-state index in [-0.39, 0.29) is 34.4 Å². The van der Waals surface area contributed by atoms with E-state index < -0.39 is 11.7 Å². The normalized spacial score (nSPS) is 11.3. The summed E-state index contributed by atoms with van der Waals surface area (Å²) in [6.45, 7) is 4.13. The van der Waals surface area contributed by atoms with Gasteiger partial charge in [0.05, 0.1) is 10.6 Å². The topological polar surface area (TPSA) is 96.0 Å². The van der Waals surface area contributed by atoms with Gasteiger partial charge in [-0.3, -0.25) is 9.59 Å². The molecule has 0 radical (unpaired) electrons. The van der Waals surface area contributed by atoms with E-state index in [0.29, 0.717) is 31.3 Å². The van der Waals surface area contributed by atoms with Crippen LogP contribution in [0.15, 0.2) is 30.6 Å². The number of carbonyl (C=O) groups excluding carboxylic acids is 2. The number of rotatable bonds is 8. The zero-order valence-corrected chi connectivity index (χ0v) is 17.1. The molecule has 2 aromatic heterocycles. The van der Waals surface area contributed by atoms with Gasteiger partial charge in [-0.15, -0.1) is 0 Å². The molecule has 162 valence electrons. The molecule has 0 unspecified atom stereocenters. The number of amides is 2. The minimum absolute atomic E-state index is 0.135. The summed E-state index contributed by atoms with van der Waals surface area (Å²) in [4.78, 5) is 31.6. The lowest BCUT2D eigenvalue weighted by molar-refractivity contribution is -0.137. The van der Waals surface area contributed by atoms with Crippen LogP contribution in [0, 0.1) is 5.92 Å². The second-order valence-electron chi connectivity index (χ2n) is 6.66. The molecule has 2 amide bonds. The first-order valence-electron chi connectivity index (χ1n) is 9.09. The van der Waals surface area contributed by atoms with Gasteiger partial charge in [0.15, 0.2) is 0 Å². The molecule has 0 saturated heterocycles. The van der Waals surface area contributed by atoms with Crippen molar-refractivity contribution in [2.75, 3.05) is 23.7 Å². The van der Waals surface area contributed by atoms with Gasteiger partial charge in [-0.05, 0) is 24.6 Å². The summed E-state index contributed by atoms with van der Waals surface area (Å²) in [5.74, 6) is -0.351. The van der Waals surface area contributed by atoms with E-state index in [9.17, 15) is 22.8 Å². The van der Waals surface area contributed by atoms with Crippen molar-refractivity contribution in [3.8, 4) is 0 Å². The molecule has 0 fully saturated rings. The molecule has 0 saturated carbocycles. The number of nitrogens with zero attached hydrogens (tertiary/aromatic N) is 2. The standard InChI is InChI=1S/C19H21ClF3N5O2/c1-11(2)17(29)28-15-8-12(4-7-24-15)18(30)26-6-3-5-25-16-14(20)9-13(10-27-16)19(21,22)23/h4,7-11H,3,5-6H2,1-2H3,(H,25,27)(H,26,30)(H,24,28,29). The van der Waals surface area contributed by atoms with Crippen LogP contribution in [0.25, 0.3) is 0 Å². The lowest BCUT2D eigenvalue weighted by atomic mass is 10.2. The fourth-order valence-electron chi connectivity index (χ4n) is 2.23. The van der Waals surface area contributed by atoms with Crippen LogP contribution in [0.3, 0.4) is 0 Å². The summed E-state index contributed by atoms with van der Waals surface area (Å²) in [6.07, 6.45) is -1.91. The first-order valence-corrected chi connectivity index (χ1v) is 9.47. The third kappa shape index (κ3) is 6.87. The highest BCUT2D eigenvalue weighted by Crippen LogP contribution is 2.32. The molecule has 30 heavy (non-hydrogen) atoms. The summed E-state index contributed by atoms with van der Waals surface area (Å²) in [5, 5.41) is 8.02. The number of hydrogen-bond donors (Lipinski definition) is 3. The second-order valence-corrected chi connectivity index (χ2v) is 7.07. The molecule has 3 N–H and O–H groups in total. The Kier molecular flexibility index (Phi) is 7.99. The largest absolute Gasteiger partial charge is 0.417 e. The molecule has 2 rings (SSSR count). The van der Waals surface area contributed by atoms with Crippen LogP contribution in [-0.2, 0) is 11.0 Å². The lowest BCUT2D eigenvalue weighted by Crippen LogP contribution is -2.26. The minimum atomic E-state index is -4.51. The van der Waals surface area contributed by atoms with E-state index in [1.807, 2.05) is 0 Å². The van der Waals surface area contributed by atoms with Crippen LogP contribution in [0.1, 0.15) is 36.2 Å². The Labute approximate surface area is 176 Å². The van der Waals surface area contributed by atoms with Gasteiger partial charge in [-0.1, -0.05) is 25.4 Å². The van der Waals surface area contributed by atoms with E-state index in [0.717, 1.165) is 6.07 Å². The van der Waals surface area contributed by atoms with Crippen LogP contribution in [0.2, 0.25) is 5.02 Å². The molecular formula is C19H21ClF3N5O2. The zero-order valence-electron chi connectivity index (χ0n) is 16.3. The van der Waals surface area contributed by atoms with Crippen molar-refractivity contribution in [3.05, 3.63) is 46.7 Å². The highest BCUT2D eigenvalue weighted by Gasteiger charge is 2.31. The van der Waals surface area contributed by atoms with Gasteiger partial charge in [0.25, 0.3) is 5.91 Å². The second kappa shape index (κ2) is 10.2. The Morgan fingerprint density at radius 3 is 2.53 bits per heavy atom. The monoisotopic (exact) mass is 443 g/mol. The summed E-state index contributed by atoms with van der Waals surface area (Å²) >= 11 is 5.82. The lowest BCUT2D eigenvalue weighted by Gasteiger charge is -2.11. The first kappa shape index (κ1) is 23.4. The molecule has 2 heterocycles. The van der Waals surface area contributed by atoms with Gasteiger partial charge < -0.3 is 16.0 Å². The minimum Gasteiger partial charge on any atom is -0.369 e. The number of hydrogen-bond acceptors (Lipinski definition) is 5. The molecule has 11 heteroatoms. The van der Waals surface area contributed by atoms with Gasteiger partial charge in [-0.25, -0.2) is 9.97 Å². The SMILES string of the molecule is CC(C)C(=O)Nc1cc(C(=O)NCCCNc2ncc(C(F)(F)F)cc2Cl)ccn1. The van der Waals surface area contributed by atoms with Crippen molar-refractivity contribution in [3.63, 3.8) is 0 Å². The number of nitrogens with one attached hydrogen (secondary N) is 3. The van der Waals surface area contributed by atoms with E-state index in [2.05, 4.69) is 25.9 Å². The number of anilines is 2. The number of aromatic nitrogens is 2. The van der Waals surface area contributed by atoms with Gasteiger partial charge in [0.1, 0.15) is 11.6 Å². The number of halogens is 4. The Hall–Kier alpha value is -2.88. The first-order chi connectivity index (χ1) is 14.1. The van der Waals surface area contributed by atoms with Crippen molar-refractivity contribution in [2.45, 2.75) is 26.4 Å². The smallest absolute Gasteiger partial charge is 0.369 e. The molecule has 0 aliphatic carbocycles. The molecular weight excluding hydrogens is 423 g/mol. The van der Waals surface area contributed by atoms with Crippen LogP contribution >= 0.6 is 11.6 Å². The molecule has 0 spiro atoms. The van der Waals surface area contributed by atoms with Crippen molar-refractivity contribution in [1.29, 1.82) is 0 Å². The molecule has 7 nitrogen and oxygen atoms in total. The van der Waals surface area contributed by atoms with Crippen LogP contribution in [0.4, 0.5) is 24.8 Å². The maximum atomic E-state index is 12.6. The molecule has 0 atom stereocenters. The fourth-order valence-corrected chi connectivity index (χ4v) is 2.47. The Bertz CT molecular complexity index is 906. The summed E-state index contributed by atoms with van der Waals surface area (Å²) < 4.78 is 37.8. The molecule has 0 aliphatic heterocycles. The Balaban J connectivity index is 1.80. The summed E-state index contributed by atoms with van der Waals surface area (Å²) in [7, 11) is 0. The molecule has 0 aromatic carbocycles. The maximum Gasteiger partial charge on any atom is 0.417 e. The van der Waals surface area contributed by atoms with Crippen LogP contribution < -0.4 is 16.0 Å². The third-order valence-electron chi connectivity index (χ3n) is 3.90. The Morgan fingerprint density at radius 2 is 1.90 bits per heavy atom. The molecule has 2 aromatic rings. The predicted molar refractivity (Wildman–Crippen MR) is 107 cm³/mol. The third-order valence-corrected chi connectivity index (χ3v) is 4.19. The average Bonchev–Trinajstić information content (AvgIpc) is 2.68.